The Morgan fingerprint density at radius 2 is 2.12 bits per heavy atom. The Labute approximate surface area is 103 Å². The zero-order valence-electron chi connectivity index (χ0n) is 9.31. The summed E-state index contributed by atoms with van der Waals surface area (Å²) in [6, 6.07) is 7.18. The number of aryl methyl sites for hydroxylation is 1. The van der Waals surface area contributed by atoms with E-state index in [0.29, 0.717) is 11.2 Å². The molecule has 0 saturated heterocycles. The van der Waals surface area contributed by atoms with Crippen molar-refractivity contribution in [1.82, 2.24) is 9.55 Å². The van der Waals surface area contributed by atoms with E-state index in [1.165, 1.54) is 0 Å². The van der Waals surface area contributed by atoms with E-state index in [9.17, 15) is 9.59 Å². The molecule has 0 unspecified atom stereocenters. The van der Waals surface area contributed by atoms with Crippen LogP contribution in [0, 0.1) is 0 Å². The molecule has 0 amide bonds. The molecule has 0 atom stereocenters. The van der Waals surface area contributed by atoms with E-state index in [0.717, 1.165) is 5.52 Å². The highest BCUT2D eigenvalue weighted by Crippen LogP contribution is 2.09. The molecule has 1 heterocycles. The summed E-state index contributed by atoms with van der Waals surface area (Å²) in [6.45, 7) is 0. The van der Waals surface area contributed by atoms with Crippen molar-refractivity contribution in [3.8, 4) is 0 Å². The van der Waals surface area contributed by atoms with E-state index in [2.05, 4.69) is 4.98 Å². The summed E-state index contributed by atoms with van der Waals surface area (Å²) in [5.41, 5.74) is 0.459. The van der Waals surface area contributed by atoms with Gasteiger partial charge in [-0.3, -0.25) is 9.59 Å². The molecule has 0 radical (unpaired) electrons. The highest BCUT2D eigenvalue weighted by Gasteiger charge is 2.10. The van der Waals surface area contributed by atoms with Gasteiger partial charge in [0.25, 0.3) is 5.56 Å². The third-order valence-corrected chi connectivity index (χ3v) is 2.92. The van der Waals surface area contributed by atoms with Gasteiger partial charge in [0.15, 0.2) is 5.78 Å². The van der Waals surface area contributed by atoms with E-state index in [1.807, 2.05) is 12.1 Å². The number of ketones is 1. The molecule has 0 fully saturated rings. The molecule has 0 bridgehead atoms. The smallest absolute Gasteiger partial charge is 0.280 e. The average Bonchev–Trinajstić information content (AvgIpc) is 2.35. The monoisotopic (exact) mass is 250 g/mol. The maximum atomic E-state index is 11.8. The number of hydrogen-bond acceptors (Lipinski definition) is 3. The number of carbonyl (C=O) groups excluding carboxylic acids is 1. The first-order chi connectivity index (χ1) is 8.13. The second kappa shape index (κ2) is 4.67. The third-order valence-electron chi connectivity index (χ3n) is 2.62. The normalized spacial score (nSPS) is 10.7. The van der Waals surface area contributed by atoms with Crippen LogP contribution < -0.4 is 5.56 Å². The van der Waals surface area contributed by atoms with Gasteiger partial charge in [0.2, 0.25) is 0 Å². The first-order valence-corrected chi connectivity index (χ1v) is 5.69. The zero-order valence-corrected chi connectivity index (χ0v) is 10.1. The quantitative estimate of drug-likeness (QED) is 0.772. The lowest BCUT2D eigenvalue weighted by molar-refractivity contribution is -0.116. The summed E-state index contributed by atoms with van der Waals surface area (Å²) in [5, 5.41) is 0.553. The van der Waals surface area contributed by atoms with E-state index >= 15 is 0 Å². The first-order valence-electron chi connectivity index (χ1n) is 5.16. The molecule has 88 valence electrons. The van der Waals surface area contributed by atoms with E-state index in [-0.39, 0.29) is 23.6 Å². The number of benzene rings is 1. The van der Waals surface area contributed by atoms with Crippen molar-refractivity contribution in [2.75, 3.05) is 5.88 Å². The predicted molar refractivity (Wildman–Crippen MR) is 66.4 cm³/mol. The molecule has 0 aliphatic heterocycles. The van der Waals surface area contributed by atoms with Crippen molar-refractivity contribution < 1.29 is 4.79 Å². The lowest BCUT2D eigenvalue weighted by Gasteiger charge is -2.09. The molecule has 0 saturated carbocycles. The number of Topliss-reactive ketones (excluding diaryl/α,β-unsaturated/α-hetero) is 1. The van der Waals surface area contributed by atoms with E-state index in [4.69, 9.17) is 11.6 Å². The molecule has 0 aliphatic carbocycles. The molecule has 2 aromatic rings. The first kappa shape index (κ1) is 11.8. The van der Waals surface area contributed by atoms with Gasteiger partial charge < -0.3 is 4.57 Å². The molecule has 0 spiro atoms. The lowest BCUT2D eigenvalue weighted by Crippen LogP contribution is -2.20. The number of carbonyl (C=O) groups is 1. The fraction of sp³-hybridized carbons (Fsp3) is 0.250. The fourth-order valence-corrected chi connectivity index (χ4v) is 1.81. The number of hydrogen-bond donors (Lipinski definition) is 0. The van der Waals surface area contributed by atoms with Crippen molar-refractivity contribution in [1.29, 1.82) is 0 Å². The summed E-state index contributed by atoms with van der Waals surface area (Å²) in [5.74, 6) is 0.228. The van der Waals surface area contributed by atoms with Gasteiger partial charge in [-0.1, -0.05) is 12.1 Å². The van der Waals surface area contributed by atoms with Crippen LogP contribution in [0.15, 0.2) is 29.1 Å². The number of para-hydroxylation sites is 1. The molecule has 1 aromatic carbocycles. The van der Waals surface area contributed by atoms with Crippen molar-refractivity contribution in [3.63, 3.8) is 0 Å². The molecule has 4 nitrogen and oxygen atoms in total. The molecule has 1 aromatic heterocycles. The Hall–Kier alpha value is -1.68. The molecule has 0 N–H and O–H groups in total. The second-order valence-corrected chi connectivity index (χ2v) is 4.03. The molecule has 2 rings (SSSR count). The van der Waals surface area contributed by atoms with Crippen LogP contribution in [0.1, 0.15) is 5.82 Å². The van der Waals surface area contributed by atoms with Crippen LogP contribution >= 0.6 is 11.6 Å². The number of fused-ring (bicyclic) bond motifs is 1. The van der Waals surface area contributed by atoms with Gasteiger partial charge in [0, 0.05) is 7.05 Å². The predicted octanol–water partition coefficient (Wildman–Crippen LogP) is 1.28. The van der Waals surface area contributed by atoms with Gasteiger partial charge in [-0.05, 0) is 12.1 Å². The summed E-state index contributed by atoms with van der Waals surface area (Å²) in [7, 11) is 1.78. The molecule has 5 heteroatoms. The van der Waals surface area contributed by atoms with Gasteiger partial charge >= 0.3 is 0 Å². The number of alkyl halides is 1. The Morgan fingerprint density at radius 3 is 2.82 bits per heavy atom. The fourth-order valence-electron chi connectivity index (χ4n) is 1.72. The van der Waals surface area contributed by atoms with Gasteiger partial charge in [-0.15, -0.1) is 11.6 Å². The minimum absolute atomic E-state index is 0.0668. The highest BCUT2D eigenvalue weighted by molar-refractivity contribution is 6.27. The maximum absolute atomic E-state index is 11.8. The molecule has 17 heavy (non-hydrogen) atoms. The topological polar surface area (TPSA) is 52.0 Å². The van der Waals surface area contributed by atoms with Crippen LogP contribution in [0.25, 0.3) is 10.9 Å². The third kappa shape index (κ3) is 2.22. The van der Waals surface area contributed by atoms with Gasteiger partial charge in [0.05, 0.1) is 23.2 Å². The van der Waals surface area contributed by atoms with Crippen LogP contribution in [0.2, 0.25) is 0 Å². The minimum atomic E-state index is -0.309. The molecular formula is C12H11ClN2O2. The Kier molecular flexibility index (Phi) is 3.24. The van der Waals surface area contributed by atoms with Crippen molar-refractivity contribution in [2.24, 2.45) is 7.05 Å². The van der Waals surface area contributed by atoms with Crippen LogP contribution in [0.3, 0.4) is 0 Å². The molecule has 0 aliphatic rings. The SMILES string of the molecule is Cn1c(CC(=O)CCl)nc(=O)c2ccccc21. The maximum Gasteiger partial charge on any atom is 0.280 e. The van der Waals surface area contributed by atoms with Gasteiger partial charge in [-0.25, -0.2) is 0 Å². The van der Waals surface area contributed by atoms with Gasteiger partial charge in [0.1, 0.15) is 5.82 Å². The largest absolute Gasteiger partial charge is 0.332 e. The number of nitrogens with zero attached hydrogens (tertiary/aromatic N) is 2. The number of rotatable bonds is 3. The Bertz CT molecular complexity index is 634. The van der Waals surface area contributed by atoms with Crippen LogP contribution in [-0.2, 0) is 18.3 Å². The van der Waals surface area contributed by atoms with Crippen LogP contribution in [0.4, 0.5) is 0 Å². The Balaban J connectivity index is 2.63. The average molecular weight is 251 g/mol. The number of aromatic nitrogens is 2. The zero-order chi connectivity index (χ0) is 12.4. The van der Waals surface area contributed by atoms with Crippen LogP contribution in [-0.4, -0.2) is 21.2 Å². The summed E-state index contributed by atoms with van der Waals surface area (Å²) in [4.78, 5) is 27.0. The van der Waals surface area contributed by atoms with Crippen molar-refractivity contribution in [2.45, 2.75) is 6.42 Å². The van der Waals surface area contributed by atoms with E-state index in [1.54, 1.807) is 23.7 Å². The Morgan fingerprint density at radius 1 is 1.41 bits per heavy atom. The van der Waals surface area contributed by atoms with Crippen LogP contribution in [0.5, 0.6) is 0 Å². The summed E-state index contributed by atoms with van der Waals surface area (Å²) in [6.07, 6.45) is 0.0834. The minimum Gasteiger partial charge on any atom is -0.332 e. The highest BCUT2D eigenvalue weighted by atomic mass is 35.5. The molecular weight excluding hydrogens is 240 g/mol. The van der Waals surface area contributed by atoms with Crippen molar-refractivity contribution in [3.05, 3.63) is 40.4 Å². The van der Waals surface area contributed by atoms with Gasteiger partial charge in [-0.2, -0.15) is 4.98 Å². The lowest BCUT2D eigenvalue weighted by atomic mass is 10.2. The van der Waals surface area contributed by atoms with E-state index < -0.39 is 0 Å². The summed E-state index contributed by atoms with van der Waals surface area (Å²) >= 11 is 5.45. The standard InChI is InChI=1S/C12H11ClN2O2/c1-15-10-5-3-2-4-9(10)12(17)14-11(15)6-8(16)7-13/h2-5H,6-7H2,1H3. The number of halogens is 1. The summed E-state index contributed by atoms with van der Waals surface area (Å²) < 4.78 is 1.75. The van der Waals surface area contributed by atoms with Crippen molar-refractivity contribution >= 4 is 28.3 Å². The second-order valence-electron chi connectivity index (χ2n) is 3.76.